The molecule has 118 valence electrons. The maximum Gasteiger partial charge on any atom is 0.460 e. The lowest BCUT2D eigenvalue weighted by Gasteiger charge is -2.26. The lowest BCUT2D eigenvalue weighted by molar-refractivity contribution is -0.344. The molecule has 0 saturated carbocycles. The van der Waals surface area contributed by atoms with Gasteiger partial charge in [-0.05, 0) is 12.1 Å². The Hall–Kier alpha value is -2.27. The second-order valence-electron chi connectivity index (χ2n) is 3.53. The third-order valence-corrected chi connectivity index (χ3v) is 2.07. The molecule has 0 radical (unpaired) electrons. The molecule has 0 spiro atoms. The average Bonchev–Trinajstić information content (AvgIpc) is 2.87. The normalized spacial score (nSPS) is 12.9. The summed E-state index contributed by atoms with van der Waals surface area (Å²) in [7, 11) is 0. The van der Waals surface area contributed by atoms with Crippen molar-refractivity contribution < 1.29 is 44.7 Å². The van der Waals surface area contributed by atoms with Crippen LogP contribution in [0.2, 0.25) is 0 Å². The molecular weight excluding hydrogens is 317 g/mol. The number of furan rings is 1. The van der Waals surface area contributed by atoms with E-state index >= 15 is 0 Å². The van der Waals surface area contributed by atoms with Crippen molar-refractivity contribution >= 4 is 11.8 Å². The zero-order chi connectivity index (χ0) is 16.5. The maximum absolute atomic E-state index is 12.8. The Morgan fingerprint density at radius 3 is 2.00 bits per heavy atom. The van der Waals surface area contributed by atoms with E-state index in [1.807, 2.05) is 0 Å². The van der Waals surface area contributed by atoms with Gasteiger partial charge in [-0.3, -0.25) is 20.4 Å². The Balaban J connectivity index is 2.77. The molecule has 0 bridgehead atoms. The zero-order valence-electron chi connectivity index (χ0n) is 9.60. The van der Waals surface area contributed by atoms with Crippen molar-refractivity contribution in [3.63, 3.8) is 0 Å². The number of hydrazine groups is 1. The molecule has 5 nitrogen and oxygen atoms in total. The van der Waals surface area contributed by atoms with Crippen LogP contribution in [0.1, 0.15) is 10.6 Å². The van der Waals surface area contributed by atoms with Gasteiger partial charge in [0.25, 0.3) is 0 Å². The number of amides is 2. The van der Waals surface area contributed by atoms with Gasteiger partial charge in [0.2, 0.25) is 0 Å². The van der Waals surface area contributed by atoms with Gasteiger partial charge in [0, 0.05) is 0 Å². The quantitative estimate of drug-likeness (QED) is 0.659. The van der Waals surface area contributed by atoms with Gasteiger partial charge >= 0.3 is 29.8 Å². The van der Waals surface area contributed by atoms with E-state index < -0.39 is 35.6 Å². The van der Waals surface area contributed by atoms with Gasteiger partial charge in [0.1, 0.15) is 0 Å². The molecule has 0 unspecified atom stereocenters. The predicted octanol–water partition coefficient (Wildman–Crippen LogP) is 1.87. The summed E-state index contributed by atoms with van der Waals surface area (Å²) in [6.07, 6.45) is -5.66. The van der Waals surface area contributed by atoms with Crippen molar-refractivity contribution in [3.8, 4) is 0 Å². The molecule has 1 rings (SSSR count). The molecule has 2 N–H and O–H groups in total. The fourth-order valence-electron chi connectivity index (χ4n) is 0.982. The van der Waals surface area contributed by atoms with Crippen LogP contribution >= 0.6 is 0 Å². The van der Waals surface area contributed by atoms with Crippen LogP contribution in [0.15, 0.2) is 22.8 Å². The van der Waals surface area contributed by atoms with Crippen molar-refractivity contribution in [3.05, 3.63) is 24.2 Å². The van der Waals surface area contributed by atoms with E-state index in [-0.39, 0.29) is 0 Å². The Kier molecular flexibility index (Phi) is 4.20. The highest BCUT2D eigenvalue weighted by molar-refractivity contribution is 5.94. The summed E-state index contributed by atoms with van der Waals surface area (Å²) in [6.45, 7) is 0. The topological polar surface area (TPSA) is 71.3 Å². The second kappa shape index (κ2) is 5.26. The third-order valence-electron chi connectivity index (χ3n) is 2.07. The third kappa shape index (κ3) is 3.08. The summed E-state index contributed by atoms with van der Waals surface area (Å²) in [5.41, 5.74) is 1.96. The number of hydrogen-bond acceptors (Lipinski definition) is 3. The van der Waals surface area contributed by atoms with Crippen LogP contribution in [0.3, 0.4) is 0 Å². The first-order valence-corrected chi connectivity index (χ1v) is 4.88. The Morgan fingerprint density at radius 2 is 1.57 bits per heavy atom. The van der Waals surface area contributed by atoms with Crippen LogP contribution in [0, 0.1) is 0 Å². The molecule has 0 aliphatic heterocycles. The highest BCUT2D eigenvalue weighted by Crippen LogP contribution is 2.46. The van der Waals surface area contributed by atoms with Crippen molar-refractivity contribution in [2.24, 2.45) is 0 Å². The van der Waals surface area contributed by atoms with Gasteiger partial charge in [0.15, 0.2) is 5.76 Å². The van der Waals surface area contributed by atoms with E-state index in [4.69, 9.17) is 0 Å². The Bertz CT molecular complexity index is 524. The first-order chi connectivity index (χ1) is 9.41. The molecule has 2 amide bonds. The average molecular weight is 322 g/mol. The first-order valence-electron chi connectivity index (χ1n) is 4.88. The maximum atomic E-state index is 12.8. The van der Waals surface area contributed by atoms with Gasteiger partial charge < -0.3 is 4.42 Å². The van der Waals surface area contributed by atoms with Gasteiger partial charge in [0.05, 0.1) is 6.26 Å². The van der Waals surface area contributed by atoms with E-state index in [1.165, 1.54) is 11.5 Å². The molecule has 0 aliphatic rings. The van der Waals surface area contributed by atoms with Crippen LogP contribution in [-0.2, 0) is 4.79 Å². The van der Waals surface area contributed by atoms with Crippen LogP contribution in [0.25, 0.3) is 0 Å². The van der Waals surface area contributed by atoms with Gasteiger partial charge in [-0.15, -0.1) is 0 Å². The summed E-state index contributed by atoms with van der Waals surface area (Å²) in [6, 6.07) is 2.22. The van der Waals surface area contributed by atoms with Crippen molar-refractivity contribution in [1.29, 1.82) is 0 Å². The van der Waals surface area contributed by atoms with E-state index in [1.54, 1.807) is 0 Å². The number of hydrogen-bond donors (Lipinski definition) is 2. The highest BCUT2D eigenvalue weighted by Gasteiger charge is 2.76. The summed E-state index contributed by atoms with van der Waals surface area (Å²) >= 11 is 0. The lowest BCUT2D eigenvalue weighted by atomic mass is 10.1. The Morgan fingerprint density at radius 1 is 1.00 bits per heavy atom. The SMILES string of the molecule is O=C(NNC(=O)C(F)(F)C(F)(F)C(F)(F)F)c1ccco1. The van der Waals surface area contributed by atoms with E-state index in [9.17, 15) is 40.3 Å². The molecule has 0 aromatic carbocycles. The minimum Gasteiger partial charge on any atom is -0.459 e. The molecule has 0 atom stereocenters. The van der Waals surface area contributed by atoms with E-state index in [0.29, 0.717) is 0 Å². The van der Waals surface area contributed by atoms with Gasteiger partial charge in [-0.1, -0.05) is 0 Å². The molecular formula is C9H5F7N2O3. The molecule has 1 aromatic rings. The van der Waals surface area contributed by atoms with Crippen LogP contribution < -0.4 is 10.9 Å². The Labute approximate surface area is 111 Å². The van der Waals surface area contributed by atoms with Crippen LogP contribution in [0.5, 0.6) is 0 Å². The second-order valence-corrected chi connectivity index (χ2v) is 3.53. The fraction of sp³-hybridized carbons (Fsp3) is 0.333. The van der Waals surface area contributed by atoms with E-state index in [2.05, 4.69) is 4.42 Å². The van der Waals surface area contributed by atoms with Crippen molar-refractivity contribution in [2.75, 3.05) is 0 Å². The standard InChI is InChI=1S/C9H5F7N2O3/c10-7(11,8(12,13)9(14,15)16)6(20)18-17-5(19)4-2-1-3-21-4/h1-3H,(H,17,19)(H,18,20). The number of carbonyl (C=O) groups excluding carboxylic acids is 2. The summed E-state index contributed by atoms with van der Waals surface area (Å²) in [5.74, 6) is -17.6. The number of rotatable bonds is 3. The molecule has 21 heavy (non-hydrogen) atoms. The highest BCUT2D eigenvalue weighted by atomic mass is 19.4. The summed E-state index contributed by atoms with van der Waals surface area (Å²) in [4.78, 5) is 21.9. The molecule has 12 heteroatoms. The van der Waals surface area contributed by atoms with Crippen molar-refractivity contribution in [1.82, 2.24) is 10.9 Å². The monoisotopic (exact) mass is 322 g/mol. The lowest BCUT2D eigenvalue weighted by Crippen LogP contribution is -2.61. The van der Waals surface area contributed by atoms with Gasteiger partial charge in [-0.2, -0.15) is 30.7 Å². The summed E-state index contributed by atoms with van der Waals surface area (Å²) in [5, 5.41) is 0. The number of carbonyl (C=O) groups is 2. The molecule has 1 aromatic heterocycles. The number of nitrogens with one attached hydrogen (secondary N) is 2. The predicted molar refractivity (Wildman–Crippen MR) is 50.3 cm³/mol. The minimum absolute atomic E-state index is 0.499. The number of halogens is 7. The molecule has 1 heterocycles. The van der Waals surface area contributed by atoms with Crippen LogP contribution in [0.4, 0.5) is 30.7 Å². The van der Waals surface area contributed by atoms with E-state index in [0.717, 1.165) is 17.8 Å². The largest absolute Gasteiger partial charge is 0.460 e. The summed E-state index contributed by atoms with van der Waals surface area (Å²) < 4.78 is 90.5. The minimum atomic E-state index is -6.65. The van der Waals surface area contributed by atoms with Crippen LogP contribution in [-0.4, -0.2) is 29.8 Å². The smallest absolute Gasteiger partial charge is 0.459 e. The first kappa shape index (κ1) is 16.8. The number of alkyl halides is 7. The zero-order valence-corrected chi connectivity index (χ0v) is 9.60. The molecule has 0 saturated heterocycles. The molecule has 0 aliphatic carbocycles. The molecule has 0 fully saturated rings. The van der Waals surface area contributed by atoms with Crippen molar-refractivity contribution in [2.45, 2.75) is 18.0 Å². The van der Waals surface area contributed by atoms with Gasteiger partial charge in [-0.25, -0.2) is 0 Å². The fourth-order valence-corrected chi connectivity index (χ4v) is 0.982.